The van der Waals surface area contributed by atoms with Crippen molar-refractivity contribution < 1.29 is 4.79 Å². The van der Waals surface area contributed by atoms with E-state index in [-0.39, 0.29) is 11.3 Å². The third kappa shape index (κ3) is 4.43. The molecule has 1 amide bonds. The zero-order valence-corrected chi connectivity index (χ0v) is 13.7. The Balaban J connectivity index is 1.99. The Morgan fingerprint density at radius 3 is 2.41 bits per heavy atom. The summed E-state index contributed by atoms with van der Waals surface area (Å²) in [6.07, 6.45) is 1.62. The predicted molar refractivity (Wildman–Crippen MR) is 91.7 cm³/mol. The fourth-order valence-corrected chi connectivity index (χ4v) is 2.12. The first-order valence-corrected chi connectivity index (χ1v) is 7.43. The molecule has 0 saturated carbocycles. The van der Waals surface area contributed by atoms with Crippen molar-refractivity contribution in [2.24, 2.45) is 5.10 Å². The highest BCUT2D eigenvalue weighted by Gasteiger charge is 2.12. The third-order valence-corrected chi connectivity index (χ3v) is 3.48. The molecular weight excluding hydrogens is 296 g/mol. The molecule has 22 heavy (non-hydrogen) atoms. The Hall–Kier alpha value is -2.13. The Kier molecular flexibility index (Phi) is 4.99. The van der Waals surface area contributed by atoms with Gasteiger partial charge in [0.2, 0.25) is 0 Å². The molecule has 1 N–H and O–H groups in total. The van der Waals surface area contributed by atoms with Crippen LogP contribution in [0.15, 0.2) is 53.6 Å². The first kappa shape index (κ1) is 16.2. The van der Waals surface area contributed by atoms with Crippen LogP contribution in [0.1, 0.15) is 42.3 Å². The van der Waals surface area contributed by atoms with Crippen LogP contribution in [0.3, 0.4) is 0 Å². The van der Waals surface area contributed by atoms with Gasteiger partial charge in [-0.15, -0.1) is 0 Å². The van der Waals surface area contributed by atoms with Crippen molar-refractivity contribution in [1.29, 1.82) is 0 Å². The largest absolute Gasteiger partial charge is 0.271 e. The molecule has 2 rings (SSSR count). The number of nitrogens with zero attached hydrogens (tertiary/aromatic N) is 1. The van der Waals surface area contributed by atoms with E-state index in [2.05, 4.69) is 43.4 Å². The van der Waals surface area contributed by atoms with E-state index in [0.717, 1.165) is 5.56 Å². The molecule has 2 aromatic carbocycles. The Morgan fingerprint density at radius 1 is 1.14 bits per heavy atom. The maximum atomic E-state index is 11.9. The van der Waals surface area contributed by atoms with Crippen molar-refractivity contribution in [2.75, 3.05) is 0 Å². The van der Waals surface area contributed by atoms with E-state index in [4.69, 9.17) is 11.6 Å². The second-order valence-electron chi connectivity index (χ2n) is 6.08. The van der Waals surface area contributed by atoms with Crippen molar-refractivity contribution in [3.05, 3.63) is 70.2 Å². The summed E-state index contributed by atoms with van der Waals surface area (Å²) in [4.78, 5) is 11.9. The minimum Gasteiger partial charge on any atom is -0.267 e. The van der Waals surface area contributed by atoms with Crippen molar-refractivity contribution in [3.63, 3.8) is 0 Å². The minimum atomic E-state index is -0.287. The number of carbonyl (C=O) groups is 1. The van der Waals surface area contributed by atoms with E-state index in [1.807, 2.05) is 12.1 Å². The average Bonchev–Trinajstić information content (AvgIpc) is 2.47. The predicted octanol–water partition coefficient (Wildman–Crippen LogP) is 4.40. The van der Waals surface area contributed by atoms with Gasteiger partial charge in [-0.05, 0) is 34.7 Å². The van der Waals surface area contributed by atoms with Crippen molar-refractivity contribution in [3.8, 4) is 0 Å². The maximum Gasteiger partial charge on any atom is 0.271 e. The molecule has 0 atom stereocenters. The van der Waals surface area contributed by atoms with Gasteiger partial charge in [-0.1, -0.05) is 62.7 Å². The molecule has 114 valence electrons. The topological polar surface area (TPSA) is 41.5 Å². The van der Waals surface area contributed by atoms with Gasteiger partial charge < -0.3 is 0 Å². The lowest BCUT2D eigenvalue weighted by Crippen LogP contribution is -2.17. The molecule has 4 heteroatoms. The molecule has 0 saturated heterocycles. The van der Waals surface area contributed by atoms with Crippen LogP contribution in [-0.4, -0.2) is 12.1 Å². The molecule has 0 heterocycles. The lowest BCUT2D eigenvalue weighted by molar-refractivity contribution is 0.0955. The summed E-state index contributed by atoms with van der Waals surface area (Å²) < 4.78 is 0. The van der Waals surface area contributed by atoms with E-state index in [9.17, 15) is 4.79 Å². The molecule has 0 aromatic heterocycles. The molecule has 2 aromatic rings. The molecule has 0 aliphatic carbocycles. The van der Waals surface area contributed by atoms with Gasteiger partial charge in [0.05, 0.1) is 6.21 Å². The summed E-state index contributed by atoms with van der Waals surface area (Å²) in [5, 5.41) is 4.49. The lowest BCUT2D eigenvalue weighted by atomic mass is 9.87. The molecule has 3 nitrogen and oxygen atoms in total. The molecule has 0 bridgehead atoms. The van der Waals surface area contributed by atoms with Crippen LogP contribution in [0.25, 0.3) is 0 Å². The molecular formula is C18H19ClN2O. The van der Waals surface area contributed by atoms with Crippen LogP contribution in [0.2, 0.25) is 5.02 Å². The third-order valence-electron chi connectivity index (χ3n) is 3.24. The van der Waals surface area contributed by atoms with Crippen molar-refractivity contribution in [1.82, 2.24) is 5.43 Å². The number of hydrogen-bond acceptors (Lipinski definition) is 2. The van der Waals surface area contributed by atoms with Crippen LogP contribution < -0.4 is 5.43 Å². The van der Waals surface area contributed by atoms with E-state index in [1.54, 1.807) is 30.5 Å². The maximum absolute atomic E-state index is 11.9. The normalized spacial score (nSPS) is 11.6. The summed E-state index contributed by atoms with van der Waals surface area (Å²) >= 11 is 5.85. The van der Waals surface area contributed by atoms with Crippen molar-refractivity contribution >= 4 is 23.7 Å². The summed E-state index contributed by atoms with van der Waals surface area (Å²) in [6.45, 7) is 6.50. The number of rotatable bonds is 3. The van der Waals surface area contributed by atoms with Gasteiger partial charge in [0.1, 0.15) is 0 Å². The van der Waals surface area contributed by atoms with Gasteiger partial charge in [-0.25, -0.2) is 5.43 Å². The first-order valence-electron chi connectivity index (χ1n) is 7.06. The van der Waals surface area contributed by atoms with E-state index < -0.39 is 0 Å². The first-order chi connectivity index (χ1) is 10.4. The average molecular weight is 315 g/mol. The zero-order chi connectivity index (χ0) is 16.2. The zero-order valence-electron chi connectivity index (χ0n) is 12.9. The lowest BCUT2D eigenvalue weighted by Gasteiger charge is -2.18. The number of benzene rings is 2. The summed E-state index contributed by atoms with van der Waals surface area (Å²) in [7, 11) is 0. The highest BCUT2D eigenvalue weighted by molar-refractivity contribution is 6.30. The number of hydrazone groups is 1. The fourth-order valence-electron chi connectivity index (χ4n) is 1.93. The minimum absolute atomic E-state index is 0.121. The Bertz CT molecular complexity index is 685. The van der Waals surface area contributed by atoms with E-state index in [1.165, 1.54) is 5.56 Å². The van der Waals surface area contributed by atoms with Crippen LogP contribution in [0.5, 0.6) is 0 Å². The number of amides is 1. The van der Waals surface area contributed by atoms with Crippen LogP contribution in [-0.2, 0) is 5.41 Å². The van der Waals surface area contributed by atoms with Gasteiger partial charge in [0, 0.05) is 10.6 Å². The second kappa shape index (κ2) is 6.75. The van der Waals surface area contributed by atoms with Crippen molar-refractivity contribution in [2.45, 2.75) is 26.2 Å². The number of carbonyl (C=O) groups excluding carboxylic acids is 1. The van der Waals surface area contributed by atoms with E-state index >= 15 is 0 Å². The molecule has 0 spiro atoms. The Morgan fingerprint density at radius 2 is 1.82 bits per heavy atom. The smallest absolute Gasteiger partial charge is 0.267 e. The standard InChI is InChI=1S/C18H19ClN2O/c1-18(2,3)15-9-7-13(8-10-15)12-20-21-17(22)14-5-4-6-16(19)11-14/h4-12H,1-3H3,(H,21,22). The fraction of sp³-hybridized carbons (Fsp3) is 0.222. The van der Waals surface area contributed by atoms with Crippen LogP contribution in [0.4, 0.5) is 0 Å². The van der Waals surface area contributed by atoms with E-state index in [0.29, 0.717) is 10.6 Å². The van der Waals surface area contributed by atoms with Gasteiger partial charge in [0.15, 0.2) is 0 Å². The summed E-state index contributed by atoms with van der Waals surface area (Å²) in [5.41, 5.74) is 5.28. The van der Waals surface area contributed by atoms with Gasteiger partial charge in [-0.2, -0.15) is 5.10 Å². The quantitative estimate of drug-likeness (QED) is 0.662. The van der Waals surface area contributed by atoms with Gasteiger partial charge in [-0.3, -0.25) is 4.79 Å². The number of halogens is 1. The van der Waals surface area contributed by atoms with Gasteiger partial charge >= 0.3 is 0 Å². The number of nitrogens with one attached hydrogen (secondary N) is 1. The summed E-state index contributed by atoms with van der Waals surface area (Å²) in [6, 6.07) is 14.8. The van der Waals surface area contributed by atoms with Crippen LogP contribution in [0, 0.1) is 0 Å². The molecule has 0 aliphatic heterocycles. The molecule has 0 unspecified atom stereocenters. The van der Waals surface area contributed by atoms with Crippen LogP contribution >= 0.6 is 11.6 Å². The number of hydrogen-bond donors (Lipinski definition) is 1. The second-order valence-corrected chi connectivity index (χ2v) is 6.52. The summed E-state index contributed by atoms with van der Waals surface area (Å²) in [5.74, 6) is -0.287. The Labute approximate surface area is 136 Å². The highest BCUT2D eigenvalue weighted by atomic mass is 35.5. The monoisotopic (exact) mass is 314 g/mol. The SMILES string of the molecule is CC(C)(C)c1ccc(C=NNC(=O)c2cccc(Cl)c2)cc1. The molecule has 0 aliphatic rings. The van der Waals surface area contributed by atoms with Gasteiger partial charge in [0.25, 0.3) is 5.91 Å². The highest BCUT2D eigenvalue weighted by Crippen LogP contribution is 2.21. The molecule has 0 fully saturated rings. The molecule has 0 radical (unpaired) electrons.